The molecule has 8 heteroatoms. The molecule has 6 aliphatic rings. The summed E-state index contributed by atoms with van der Waals surface area (Å²) in [5, 5.41) is 10.4. The number of carbonyl (C=O) groups excluding carboxylic acids is 3. The maximum Gasteiger partial charge on any atom is 0.320 e. The van der Waals surface area contributed by atoms with Crippen LogP contribution in [0.15, 0.2) is 41.5 Å². The summed E-state index contributed by atoms with van der Waals surface area (Å²) in [6.07, 6.45) is 6.54. The van der Waals surface area contributed by atoms with Crippen LogP contribution in [0.1, 0.15) is 56.8 Å². The zero-order valence-corrected chi connectivity index (χ0v) is 21.5. The van der Waals surface area contributed by atoms with E-state index < -0.39 is 22.7 Å². The van der Waals surface area contributed by atoms with Gasteiger partial charge in [-0.1, -0.05) is 18.2 Å². The fourth-order valence-electron chi connectivity index (χ4n) is 7.21. The third-order valence-electron chi connectivity index (χ3n) is 8.86. The highest BCUT2D eigenvalue weighted by molar-refractivity contribution is 6.18. The van der Waals surface area contributed by atoms with Gasteiger partial charge in [0.25, 0.3) is 0 Å². The fourth-order valence-corrected chi connectivity index (χ4v) is 7.21. The molecule has 4 bridgehead atoms. The zero-order valence-electron chi connectivity index (χ0n) is 21.5. The van der Waals surface area contributed by atoms with Gasteiger partial charge in [-0.05, 0) is 70.8 Å². The zero-order chi connectivity index (χ0) is 26.2. The summed E-state index contributed by atoms with van der Waals surface area (Å²) >= 11 is 0. The molecule has 0 aromatic heterocycles. The molecule has 0 unspecified atom stereocenters. The summed E-state index contributed by atoms with van der Waals surface area (Å²) in [7, 11) is 0. The largest absolute Gasteiger partial charge is 0.507 e. The number of aromatic hydroxyl groups is 1. The van der Waals surface area contributed by atoms with Gasteiger partial charge in [0, 0.05) is 23.8 Å². The lowest BCUT2D eigenvalue weighted by Crippen LogP contribution is -2.72. The summed E-state index contributed by atoms with van der Waals surface area (Å²) in [5.74, 6) is -1.24. The molecule has 1 N–H and O–H groups in total. The molecule has 3 aliphatic heterocycles. The average Bonchev–Trinajstić information content (AvgIpc) is 3.41. The van der Waals surface area contributed by atoms with Crippen molar-refractivity contribution in [2.45, 2.75) is 63.3 Å². The van der Waals surface area contributed by atoms with Crippen molar-refractivity contribution in [2.75, 3.05) is 26.2 Å². The molecule has 4 atom stereocenters. The number of fused-ring (bicyclic) bond motifs is 1. The van der Waals surface area contributed by atoms with Gasteiger partial charge in [-0.3, -0.25) is 19.3 Å². The number of carbonyl (C=O) groups is 3. The molecule has 2 saturated heterocycles. The standard InChI is InChI=1S/C29H33NO7/c1-17(16-35-23(32)15-30-11-4-5-12-30)9-10-28-26(34)18-13-19-25(33)24-20(31)7-6-8-21(24)36-29(19,28)22(14-18)27(2,3)37-28/h6-9,13,18,22,31H,4-5,10-12,14-16H2,1-3H3/b17-9-/t18-,22+,28+,29-/m1/s1. The first-order chi connectivity index (χ1) is 17.6. The van der Waals surface area contributed by atoms with Gasteiger partial charge in [0.15, 0.2) is 22.8 Å². The number of rotatable bonds is 6. The molecule has 3 aliphatic carbocycles. The van der Waals surface area contributed by atoms with Crippen molar-refractivity contribution in [3.05, 3.63) is 47.1 Å². The molecule has 3 fully saturated rings. The molecule has 3 heterocycles. The summed E-state index contributed by atoms with van der Waals surface area (Å²) in [6.45, 7) is 8.00. The molecule has 8 nitrogen and oxygen atoms in total. The van der Waals surface area contributed by atoms with E-state index in [-0.39, 0.29) is 60.1 Å². The Hall–Kier alpha value is -2.97. The lowest BCUT2D eigenvalue weighted by atomic mass is 9.51. The van der Waals surface area contributed by atoms with Gasteiger partial charge in [0.1, 0.15) is 23.7 Å². The van der Waals surface area contributed by atoms with Crippen molar-refractivity contribution in [3.8, 4) is 11.5 Å². The Morgan fingerprint density at radius 1 is 1.24 bits per heavy atom. The van der Waals surface area contributed by atoms with Gasteiger partial charge in [-0.15, -0.1) is 0 Å². The monoisotopic (exact) mass is 507 g/mol. The van der Waals surface area contributed by atoms with E-state index in [9.17, 15) is 19.5 Å². The van der Waals surface area contributed by atoms with Crippen molar-refractivity contribution >= 4 is 17.5 Å². The highest BCUT2D eigenvalue weighted by Crippen LogP contribution is 2.67. The predicted octanol–water partition coefficient (Wildman–Crippen LogP) is 3.37. The van der Waals surface area contributed by atoms with Crippen molar-refractivity contribution in [2.24, 2.45) is 11.8 Å². The van der Waals surface area contributed by atoms with Crippen LogP contribution >= 0.6 is 0 Å². The van der Waals surface area contributed by atoms with Crippen molar-refractivity contribution < 1.29 is 33.7 Å². The maximum atomic E-state index is 13.9. The molecule has 37 heavy (non-hydrogen) atoms. The molecule has 0 amide bonds. The van der Waals surface area contributed by atoms with Crippen LogP contribution in [-0.4, -0.2) is 70.6 Å². The third kappa shape index (κ3) is 3.38. The van der Waals surface area contributed by atoms with Crippen LogP contribution in [0, 0.1) is 11.8 Å². The second-order valence-corrected chi connectivity index (χ2v) is 11.6. The van der Waals surface area contributed by atoms with E-state index in [0.717, 1.165) is 31.5 Å². The number of phenolic OH excluding ortho intramolecular Hbond substituents is 1. The Balaban J connectivity index is 1.32. The minimum Gasteiger partial charge on any atom is -0.507 e. The van der Waals surface area contributed by atoms with Crippen LogP contribution in [0.4, 0.5) is 0 Å². The third-order valence-corrected chi connectivity index (χ3v) is 8.86. The van der Waals surface area contributed by atoms with Crippen LogP contribution in [0.5, 0.6) is 11.5 Å². The van der Waals surface area contributed by atoms with E-state index in [2.05, 4.69) is 4.90 Å². The van der Waals surface area contributed by atoms with Crippen LogP contribution in [0.25, 0.3) is 0 Å². The molecular weight excluding hydrogens is 474 g/mol. The average molecular weight is 508 g/mol. The lowest BCUT2D eigenvalue weighted by molar-refractivity contribution is -0.171. The number of nitrogens with zero attached hydrogens (tertiary/aromatic N) is 1. The Morgan fingerprint density at radius 2 is 2.00 bits per heavy atom. The maximum absolute atomic E-state index is 13.9. The number of ketones is 2. The first-order valence-electron chi connectivity index (χ1n) is 13.2. The van der Waals surface area contributed by atoms with Gasteiger partial charge in [-0.2, -0.15) is 0 Å². The number of benzene rings is 1. The van der Waals surface area contributed by atoms with Crippen LogP contribution in [0.3, 0.4) is 0 Å². The van der Waals surface area contributed by atoms with Gasteiger partial charge >= 0.3 is 5.97 Å². The predicted molar refractivity (Wildman–Crippen MR) is 133 cm³/mol. The SMILES string of the molecule is C/C(=C/C[C@@]12OC(C)(C)[C@@H]3C[C@@H](C=C4C(=O)c5c(O)cccc5O[C@]431)C2=O)COC(=O)CN1CCCC1. The highest BCUT2D eigenvalue weighted by atomic mass is 16.6. The smallest absolute Gasteiger partial charge is 0.320 e. The van der Waals surface area contributed by atoms with Gasteiger partial charge in [0.05, 0.1) is 12.1 Å². The number of esters is 1. The number of Topliss-reactive ketones (excluding diaryl/α,β-unsaturated/α-hetero) is 2. The second kappa shape index (κ2) is 8.27. The first-order valence-corrected chi connectivity index (χ1v) is 13.2. The summed E-state index contributed by atoms with van der Waals surface area (Å²) in [6, 6.07) is 4.75. The molecule has 1 aromatic rings. The minimum absolute atomic E-state index is 0.0930. The Labute approximate surface area is 216 Å². The fraction of sp³-hybridized carbons (Fsp3) is 0.552. The molecule has 1 spiro atoms. The number of hydrogen-bond donors (Lipinski definition) is 1. The van der Waals surface area contributed by atoms with Crippen LogP contribution in [-0.2, 0) is 19.1 Å². The summed E-state index contributed by atoms with van der Waals surface area (Å²) in [4.78, 5) is 42.1. The highest BCUT2D eigenvalue weighted by Gasteiger charge is 2.81. The van der Waals surface area contributed by atoms with Gasteiger partial charge in [-0.25, -0.2) is 0 Å². The first kappa shape index (κ1) is 24.4. The molecule has 7 rings (SSSR count). The van der Waals surface area contributed by atoms with Crippen molar-refractivity contribution in [1.29, 1.82) is 0 Å². The number of hydrogen-bond acceptors (Lipinski definition) is 8. The van der Waals surface area contributed by atoms with Gasteiger partial charge < -0.3 is 19.3 Å². The van der Waals surface area contributed by atoms with Crippen LogP contribution in [0.2, 0.25) is 0 Å². The Kier molecular flexibility index (Phi) is 5.44. The van der Waals surface area contributed by atoms with E-state index in [1.807, 2.05) is 26.8 Å². The molecular formula is C29H33NO7. The van der Waals surface area contributed by atoms with E-state index in [1.165, 1.54) is 6.07 Å². The number of ether oxygens (including phenoxy) is 3. The molecule has 1 saturated carbocycles. The number of phenols is 1. The lowest BCUT2D eigenvalue weighted by Gasteiger charge is -2.56. The van der Waals surface area contributed by atoms with E-state index >= 15 is 0 Å². The van der Waals surface area contributed by atoms with Crippen molar-refractivity contribution in [3.63, 3.8) is 0 Å². The number of allylic oxidation sites excluding steroid dienone is 1. The summed E-state index contributed by atoms with van der Waals surface area (Å²) in [5.41, 5.74) is -2.08. The van der Waals surface area contributed by atoms with Crippen molar-refractivity contribution in [1.82, 2.24) is 4.90 Å². The number of likely N-dealkylation sites (tertiary alicyclic amines) is 1. The van der Waals surface area contributed by atoms with E-state index in [0.29, 0.717) is 12.0 Å². The second-order valence-electron chi connectivity index (χ2n) is 11.6. The van der Waals surface area contributed by atoms with E-state index in [4.69, 9.17) is 14.2 Å². The quantitative estimate of drug-likeness (QED) is 0.462. The topological polar surface area (TPSA) is 102 Å². The van der Waals surface area contributed by atoms with Gasteiger partial charge in [0.2, 0.25) is 0 Å². The summed E-state index contributed by atoms with van der Waals surface area (Å²) < 4.78 is 18.8. The molecule has 0 radical (unpaired) electrons. The normalized spacial score (nSPS) is 33.6. The minimum atomic E-state index is -1.40. The molecule has 1 aromatic carbocycles. The Bertz CT molecular complexity index is 1260. The van der Waals surface area contributed by atoms with E-state index in [1.54, 1.807) is 18.2 Å². The van der Waals surface area contributed by atoms with Crippen LogP contribution < -0.4 is 4.74 Å². The Morgan fingerprint density at radius 3 is 2.76 bits per heavy atom. The molecule has 196 valence electrons.